The van der Waals surface area contributed by atoms with Crippen LogP contribution in [0.2, 0.25) is 0 Å². The van der Waals surface area contributed by atoms with E-state index in [4.69, 9.17) is 9.47 Å². The predicted octanol–water partition coefficient (Wildman–Crippen LogP) is 4.57. The van der Waals surface area contributed by atoms with Gasteiger partial charge in [-0.2, -0.15) is 0 Å². The van der Waals surface area contributed by atoms with Gasteiger partial charge in [0.05, 0.1) is 23.9 Å². The fraction of sp³-hybridized carbons (Fsp3) is 0.263. The first-order valence-electron chi connectivity index (χ1n) is 8.02. The van der Waals surface area contributed by atoms with Crippen molar-refractivity contribution in [2.45, 2.75) is 20.8 Å². The lowest BCUT2D eigenvalue weighted by molar-refractivity contribution is 0.102. The summed E-state index contributed by atoms with van der Waals surface area (Å²) in [6.45, 7) is 6.50. The summed E-state index contributed by atoms with van der Waals surface area (Å²) in [5.74, 6) is 0.925. The zero-order chi connectivity index (χ0) is 18.0. The van der Waals surface area contributed by atoms with Crippen LogP contribution in [0.15, 0.2) is 30.3 Å². The molecule has 0 radical (unpaired) electrons. The van der Waals surface area contributed by atoms with Crippen LogP contribution in [0.3, 0.4) is 0 Å². The van der Waals surface area contributed by atoms with E-state index < -0.39 is 0 Å². The zero-order valence-corrected chi connectivity index (χ0v) is 15.5. The number of ether oxygens (including phenoxy) is 2. The Morgan fingerprint density at radius 2 is 1.92 bits per heavy atom. The molecule has 3 rings (SSSR count). The second-order valence-electron chi connectivity index (χ2n) is 5.65. The number of amides is 1. The van der Waals surface area contributed by atoms with Crippen LogP contribution in [0.4, 0.5) is 5.13 Å². The van der Waals surface area contributed by atoms with Crippen molar-refractivity contribution in [3.05, 3.63) is 47.0 Å². The molecule has 3 aromatic rings. The van der Waals surface area contributed by atoms with Crippen LogP contribution >= 0.6 is 11.3 Å². The highest BCUT2D eigenvalue weighted by Gasteiger charge is 2.14. The van der Waals surface area contributed by atoms with Gasteiger partial charge in [0.1, 0.15) is 0 Å². The number of methoxy groups -OCH3 is 1. The molecule has 25 heavy (non-hydrogen) atoms. The minimum Gasteiger partial charge on any atom is -0.493 e. The van der Waals surface area contributed by atoms with E-state index in [1.807, 2.05) is 26.8 Å². The Bertz CT molecular complexity index is 895. The number of thiazole rings is 1. The summed E-state index contributed by atoms with van der Waals surface area (Å²) < 4.78 is 11.9. The lowest BCUT2D eigenvalue weighted by Gasteiger charge is -2.10. The quantitative estimate of drug-likeness (QED) is 0.727. The van der Waals surface area contributed by atoms with Crippen LogP contribution in [0, 0.1) is 13.8 Å². The van der Waals surface area contributed by atoms with Gasteiger partial charge in [0.15, 0.2) is 16.6 Å². The molecule has 0 bridgehead atoms. The second-order valence-corrected chi connectivity index (χ2v) is 6.65. The lowest BCUT2D eigenvalue weighted by Crippen LogP contribution is -2.12. The van der Waals surface area contributed by atoms with Crippen molar-refractivity contribution >= 4 is 32.6 Å². The molecule has 0 fully saturated rings. The Morgan fingerprint density at radius 1 is 1.16 bits per heavy atom. The molecule has 0 aliphatic carbocycles. The minimum atomic E-state index is -0.226. The largest absolute Gasteiger partial charge is 0.493 e. The third kappa shape index (κ3) is 3.44. The SMILES string of the molecule is CCOc1ccc(C(=O)Nc2nc3c(C)ccc(C)c3s2)cc1OC. The number of fused-ring (bicyclic) bond motifs is 1. The number of benzene rings is 2. The molecular formula is C19H20N2O3S. The first kappa shape index (κ1) is 17.2. The highest BCUT2D eigenvalue weighted by molar-refractivity contribution is 7.22. The number of nitrogens with one attached hydrogen (secondary N) is 1. The fourth-order valence-electron chi connectivity index (χ4n) is 2.57. The van der Waals surface area contributed by atoms with E-state index in [-0.39, 0.29) is 5.91 Å². The van der Waals surface area contributed by atoms with Crippen molar-refractivity contribution in [3.8, 4) is 11.5 Å². The minimum absolute atomic E-state index is 0.226. The number of carbonyl (C=O) groups excluding carboxylic acids is 1. The maximum Gasteiger partial charge on any atom is 0.257 e. The Morgan fingerprint density at radius 3 is 2.60 bits per heavy atom. The van der Waals surface area contributed by atoms with Crippen molar-refractivity contribution in [3.63, 3.8) is 0 Å². The molecule has 0 saturated heterocycles. The van der Waals surface area contributed by atoms with E-state index in [0.717, 1.165) is 21.3 Å². The maximum absolute atomic E-state index is 12.6. The third-order valence-corrected chi connectivity index (χ3v) is 4.99. The first-order valence-corrected chi connectivity index (χ1v) is 8.84. The molecule has 0 saturated carbocycles. The average molecular weight is 356 g/mol. The summed E-state index contributed by atoms with van der Waals surface area (Å²) in [5, 5.41) is 3.47. The molecule has 0 aliphatic rings. The topological polar surface area (TPSA) is 60.5 Å². The molecule has 0 unspecified atom stereocenters. The number of carbonyl (C=O) groups is 1. The molecule has 1 heterocycles. The number of nitrogens with zero attached hydrogens (tertiary/aromatic N) is 1. The summed E-state index contributed by atoms with van der Waals surface area (Å²) in [5.41, 5.74) is 3.68. The van der Waals surface area contributed by atoms with E-state index in [0.29, 0.717) is 28.8 Å². The number of hydrogen-bond acceptors (Lipinski definition) is 5. The van der Waals surface area contributed by atoms with Crippen molar-refractivity contribution in [1.29, 1.82) is 0 Å². The van der Waals surface area contributed by atoms with Crippen LogP contribution < -0.4 is 14.8 Å². The van der Waals surface area contributed by atoms with E-state index in [2.05, 4.69) is 16.4 Å². The molecule has 130 valence electrons. The lowest BCUT2D eigenvalue weighted by atomic mass is 10.1. The summed E-state index contributed by atoms with van der Waals surface area (Å²) in [6, 6.07) is 9.24. The molecule has 6 heteroatoms. The van der Waals surface area contributed by atoms with Gasteiger partial charge in [-0.1, -0.05) is 23.5 Å². The van der Waals surface area contributed by atoms with Crippen molar-refractivity contribution < 1.29 is 14.3 Å². The normalized spacial score (nSPS) is 10.7. The van der Waals surface area contributed by atoms with Gasteiger partial charge in [-0.3, -0.25) is 10.1 Å². The van der Waals surface area contributed by atoms with Crippen molar-refractivity contribution in [1.82, 2.24) is 4.98 Å². The zero-order valence-electron chi connectivity index (χ0n) is 14.7. The van der Waals surface area contributed by atoms with Crippen LogP contribution in [0.1, 0.15) is 28.4 Å². The highest BCUT2D eigenvalue weighted by Crippen LogP contribution is 2.32. The van der Waals surface area contributed by atoms with E-state index >= 15 is 0 Å². The summed E-state index contributed by atoms with van der Waals surface area (Å²) in [6.07, 6.45) is 0. The molecule has 0 spiro atoms. The standard InChI is InChI=1S/C19H20N2O3S/c1-5-24-14-9-8-13(10-15(14)23-4)18(22)21-19-20-16-11(2)6-7-12(3)17(16)25-19/h6-10H,5H2,1-4H3,(H,20,21,22). The van der Waals surface area contributed by atoms with Gasteiger partial charge < -0.3 is 9.47 Å². The van der Waals surface area contributed by atoms with Crippen molar-refractivity contribution in [2.24, 2.45) is 0 Å². The van der Waals surface area contributed by atoms with Crippen LogP contribution in [0.5, 0.6) is 11.5 Å². The first-order chi connectivity index (χ1) is 12.0. The summed E-state index contributed by atoms with van der Waals surface area (Å²) in [7, 11) is 1.55. The van der Waals surface area contributed by atoms with Crippen molar-refractivity contribution in [2.75, 3.05) is 19.0 Å². The maximum atomic E-state index is 12.6. The number of aryl methyl sites for hydroxylation is 2. The van der Waals surface area contributed by atoms with Crippen LogP contribution in [0.25, 0.3) is 10.2 Å². The predicted molar refractivity (Wildman–Crippen MR) is 101 cm³/mol. The second kappa shape index (κ2) is 7.11. The molecule has 2 aromatic carbocycles. The molecular weight excluding hydrogens is 336 g/mol. The van der Waals surface area contributed by atoms with Gasteiger partial charge in [-0.15, -0.1) is 0 Å². The Kier molecular flexibility index (Phi) is 4.90. The Balaban J connectivity index is 1.87. The average Bonchev–Trinajstić information content (AvgIpc) is 3.04. The number of hydrogen-bond donors (Lipinski definition) is 1. The molecule has 0 aliphatic heterocycles. The van der Waals surface area contributed by atoms with Gasteiger partial charge >= 0.3 is 0 Å². The number of rotatable bonds is 5. The molecule has 0 atom stereocenters. The number of aromatic nitrogens is 1. The fourth-order valence-corrected chi connectivity index (χ4v) is 3.57. The Hall–Kier alpha value is -2.60. The van der Waals surface area contributed by atoms with Crippen LogP contribution in [-0.4, -0.2) is 24.6 Å². The summed E-state index contributed by atoms with van der Waals surface area (Å²) in [4.78, 5) is 17.1. The molecule has 5 nitrogen and oxygen atoms in total. The van der Waals surface area contributed by atoms with Gasteiger partial charge in [-0.25, -0.2) is 4.98 Å². The van der Waals surface area contributed by atoms with E-state index in [1.54, 1.807) is 25.3 Å². The third-order valence-electron chi connectivity index (χ3n) is 3.89. The van der Waals surface area contributed by atoms with Gasteiger partial charge in [0.2, 0.25) is 0 Å². The van der Waals surface area contributed by atoms with Crippen LogP contribution in [-0.2, 0) is 0 Å². The van der Waals surface area contributed by atoms with Gasteiger partial charge in [-0.05, 0) is 50.1 Å². The summed E-state index contributed by atoms with van der Waals surface area (Å²) >= 11 is 1.48. The monoisotopic (exact) mass is 356 g/mol. The van der Waals surface area contributed by atoms with Gasteiger partial charge in [0.25, 0.3) is 5.91 Å². The highest BCUT2D eigenvalue weighted by atomic mass is 32.1. The van der Waals surface area contributed by atoms with E-state index in [1.165, 1.54) is 11.3 Å². The molecule has 1 amide bonds. The van der Waals surface area contributed by atoms with E-state index in [9.17, 15) is 4.79 Å². The number of anilines is 1. The Labute approximate surface area is 150 Å². The molecule has 1 aromatic heterocycles. The smallest absolute Gasteiger partial charge is 0.257 e. The molecule has 1 N–H and O–H groups in total. The van der Waals surface area contributed by atoms with Gasteiger partial charge in [0, 0.05) is 5.56 Å².